The van der Waals surface area contributed by atoms with Gasteiger partial charge in [0.2, 0.25) is 0 Å². The lowest BCUT2D eigenvalue weighted by molar-refractivity contribution is 0.205. The normalized spacial score (nSPS) is 16.5. The van der Waals surface area contributed by atoms with E-state index in [0.717, 1.165) is 19.6 Å². The van der Waals surface area contributed by atoms with Crippen molar-refractivity contribution in [3.05, 3.63) is 64.1 Å². The van der Waals surface area contributed by atoms with E-state index in [1.807, 2.05) is 17.5 Å². The number of aryl methyl sites for hydroxylation is 1. The van der Waals surface area contributed by atoms with E-state index in [1.54, 1.807) is 0 Å². The van der Waals surface area contributed by atoms with Crippen LogP contribution in [0.1, 0.15) is 34.9 Å². The maximum atomic E-state index is 4.35. The zero-order valence-electron chi connectivity index (χ0n) is 14.0. The summed E-state index contributed by atoms with van der Waals surface area (Å²) in [6.45, 7) is 5.56. The average Bonchev–Trinajstić information content (AvgIpc) is 3.27. The van der Waals surface area contributed by atoms with Crippen LogP contribution in [0.2, 0.25) is 0 Å². The lowest BCUT2D eigenvalue weighted by Crippen LogP contribution is -2.32. The highest BCUT2D eigenvalue weighted by Gasteiger charge is 2.24. The number of rotatable bonds is 4. The molecule has 0 bridgehead atoms. The number of thiophene rings is 1. The van der Waals surface area contributed by atoms with E-state index in [1.165, 1.54) is 40.1 Å². The second kappa shape index (κ2) is 6.91. The zero-order chi connectivity index (χ0) is 16.4. The largest absolute Gasteiger partial charge is 0.298 e. The Bertz CT molecular complexity index is 783. The quantitative estimate of drug-likeness (QED) is 0.740. The first-order chi connectivity index (χ1) is 11.8. The molecule has 2 aromatic heterocycles. The van der Waals surface area contributed by atoms with Crippen LogP contribution in [0, 0.1) is 6.92 Å². The molecule has 3 heterocycles. The van der Waals surface area contributed by atoms with Crippen LogP contribution in [0.25, 0.3) is 11.1 Å². The van der Waals surface area contributed by atoms with E-state index in [2.05, 4.69) is 63.8 Å². The molecule has 1 N–H and O–H groups in total. The van der Waals surface area contributed by atoms with Crippen LogP contribution in [-0.2, 0) is 6.54 Å². The summed E-state index contributed by atoms with van der Waals surface area (Å²) in [5.74, 6) is 0.586. The molecule has 3 nitrogen and oxygen atoms in total. The van der Waals surface area contributed by atoms with Crippen molar-refractivity contribution in [3.63, 3.8) is 0 Å². The molecule has 4 rings (SSSR count). The van der Waals surface area contributed by atoms with Crippen molar-refractivity contribution in [2.45, 2.75) is 32.2 Å². The minimum Gasteiger partial charge on any atom is -0.298 e. The monoisotopic (exact) mass is 337 g/mol. The van der Waals surface area contributed by atoms with Gasteiger partial charge in [-0.3, -0.25) is 10.00 Å². The van der Waals surface area contributed by atoms with Gasteiger partial charge < -0.3 is 0 Å². The molecule has 1 aliphatic rings. The summed E-state index contributed by atoms with van der Waals surface area (Å²) in [5, 5.41) is 9.80. The van der Waals surface area contributed by atoms with Crippen molar-refractivity contribution in [3.8, 4) is 11.1 Å². The van der Waals surface area contributed by atoms with Crippen LogP contribution in [0.4, 0.5) is 0 Å². The van der Waals surface area contributed by atoms with Crippen molar-refractivity contribution in [2.24, 2.45) is 0 Å². The maximum absolute atomic E-state index is 4.35. The third kappa shape index (κ3) is 3.30. The SMILES string of the molecule is Cc1cccc(-c2cn[nH]c2C2CCN(Cc3cccs3)CC2)c1. The smallest absolute Gasteiger partial charge is 0.0568 e. The lowest BCUT2D eigenvalue weighted by atomic mass is 9.89. The minimum atomic E-state index is 0.586. The summed E-state index contributed by atoms with van der Waals surface area (Å²) < 4.78 is 0. The van der Waals surface area contributed by atoms with Crippen molar-refractivity contribution in [1.82, 2.24) is 15.1 Å². The fraction of sp³-hybridized carbons (Fsp3) is 0.350. The topological polar surface area (TPSA) is 31.9 Å². The summed E-state index contributed by atoms with van der Waals surface area (Å²) in [7, 11) is 0. The van der Waals surface area contributed by atoms with Gasteiger partial charge in [0.15, 0.2) is 0 Å². The third-order valence-corrected chi connectivity index (χ3v) is 5.81. The predicted molar refractivity (Wildman–Crippen MR) is 100 cm³/mol. The molecular formula is C20H23N3S. The molecule has 124 valence electrons. The number of piperidine rings is 1. The molecule has 0 spiro atoms. The van der Waals surface area contributed by atoms with Crippen molar-refractivity contribution in [2.75, 3.05) is 13.1 Å². The molecule has 1 aromatic carbocycles. The first kappa shape index (κ1) is 15.6. The molecule has 1 saturated heterocycles. The Kier molecular flexibility index (Phi) is 4.50. The number of H-pyrrole nitrogens is 1. The summed E-state index contributed by atoms with van der Waals surface area (Å²) in [5.41, 5.74) is 5.16. The van der Waals surface area contributed by atoms with E-state index >= 15 is 0 Å². The summed E-state index contributed by atoms with van der Waals surface area (Å²) >= 11 is 1.86. The molecule has 24 heavy (non-hydrogen) atoms. The van der Waals surface area contributed by atoms with E-state index in [-0.39, 0.29) is 0 Å². The van der Waals surface area contributed by atoms with Crippen LogP contribution in [-0.4, -0.2) is 28.2 Å². The van der Waals surface area contributed by atoms with Crippen molar-refractivity contribution < 1.29 is 0 Å². The summed E-state index contributed by atoms with van der Waals surface area (Å²) in [6, 6.07) is 13.1. The molecule has 0 unspecified atom stereocenters. The molecule has 0 atom stereocenters. The number of nitrogens with one attached hydrogen (secondary N) is 1. The zero-order valence-corrected chi connectivity index (χ0v) is 14.9. The molecule has 1 fully saturated rings. The van der Waals surface area contributed by atoms with Crippen molar-refractivity contribution >= 4 is 11.3 Å². The van der Waals surface area contributed by atoms with Gasteiger partial charge in [0.25, 0.3) is 0 Å². The van der Waals surface area contributed by atoms with Gasteiger partial charge >= 0.3 is 0 Å². The lowest BCUT2D eigenvalue weighted by Gasteiger charge is -2.31. The van der Waals surface area contributed by atoms with Crippen LogP contribution < -0.4 is 0 Å². The molecule has 3 aromatic rings. The van der Waals surface area contributed by atoms with Crippen LogP contribution in [0.15, 0.2) is 48.0 Å². The Morgan fingerprint density at radius 1 is 1.21 bits per heavy atom. The van der Waals surface area contributed by atoms with Gasteiger partial charge in [-0.15, -0.1) is 11.3 Å². The predicted octanol–water partition coefficient (Wildman–Crippen LogP) is 4.83. The first-order valence-corrected chi connectivity index (χ1v) is 9.52. The Morgan fingerprint density at radius 2 is 2.08 bits per heavy atom. The van der Waals surface area contributed by atoms with Crippen LogP contribution in [0.3, 0.4) is 0 Å². The van der Waals surface area contributed by atoms with Gasteiger partial charge in [-0.25, -0.2) is 0 Å². The summed E-state index contributed by atoms with van der Waals surface area (Å²) in [6.07, 6.45) is 4.39. The van der Waals surface area contributed by atoms with Gasteiger partial charge in [-0.05, 0) is 49.9 Å². The second-order valence-corrected chi connectivity index (χ2v) is 7.73. The van der Waals surface area contributed by atoms with E-state index in [0.29, 0.717) is 5.92 Å². The number of nitrogens with zero attached hydrogens (tertiary/aromatic N) is 2. The van der Waals surface area contributed by atoms with Gasteiger partial charge in [0, 0.05) is 28.6 Å². The van der Waals surface area contributed by atoms with E-state index in [9.17, 15) is 0 Å². The average molecular weight is 337 g/mol. The number of aromatic nitrogens is 2. The number of likely N-dealkylation sites (tertiary alicyclic amines) is 1. The standard InChI is InChI=1S/C20H23N3S/c1-15-4-2-5-17(12-15)19-13-21-22-20(19)16-7-9-23(10-8-16)14-18-6-3-11-24-18/h2-6,11-13,16H,7-10,14H2,1H3,(H,21,22). The Balaban J connectivity index is 1.46. The van der Waals surface area contributed by atoms with Crippen LogP contribution >= 0.6 is 11.3 Å². The van der Waals surface area contributed by atoms with Crippen LogP contribution in [0.5, 0.6) is 0 Å². The van der Waals surface area contributed by atoms with Gasteiger partial charge in [-0.2, -0.15) is 5.10 Å². The van der Waals surface area contributed by atoms with Gasteiger partial charge in [0.05, 0.1) is 6.20 Å². The minimum absolute atomic E-state index is 0.586. The number of hydrogen-bond acceptors (Lipinski definition) is 3. The molecule has 1 aliphatic heterocycles. The van der Waals surface area contributed by atoms with Gasteiger partial charge in [0.1, 0.15) is 0 Å². The van der Waals surface area contributed by atoms with E-state index in [4.69, 9.17) is 0 Å². The maximum Gasteiger partial charge on any atom is 0.0568 e. The van der Waals surface area contributed by atoms with Crippen molar-refractivity contribution in [1.29, 1.82) is 0 Å². The molecule has 4 heteroatoms. The molecule has 0 amide bonds. The Labute approximate surface area is 147 Å². The molecular weight excluding hydrogens is 314 g/mol. The highest BCUT2D eigenvalue weighted by molar-refractivity contribution is 7.09. The number of hydrogen-bond donors (Lipinski definition) is 1. The van der Waals surface area contributed by atoms with E-state index < -0.39 is 0 Å². The number of benzene rings is 1. The summed E-state index contributed by atoms with van der Waals surface area (Å²) in [4.78, 5) is 4.04. The molecule has 0 radical (unpaired) electrons. The highest BCUT2D eigenvalue weighted by atomic mass is 32.1. The Hall–Kier alpha value is -1.91. The molecule has 0 saturated carbocycles. The van der Waals surface area contributed by atoms with Gasteiger partial charge in [-0.1, -0.05) is 35.9 Å². The second-order valence-electron chi connectivity index (χ2n) is 6.70. The fourth-order valence-corrected chi connectivity index (χ4v) is 4.40. The Morgan fingerprint density at radius 3 is 2.83 bits per heavy atom. The molecule has 0 aliphatic carbocycles. The fourth-order valence-electron chi connectivity index (χ4n) is 3.65. The first-order valence-electron chi connectivity index (χ1n) is 8.64. The highest BCUT2D eigenvalue weighted by Crippen LogP contribution is 2.34. The number of aromatic amines is 1. The third-order valence-electron chi connectivity index (χ3n) is 4.95.